The SMILES string of the molecule is C[C@@H]1CN2c3c(cc4c(-c5cnc(N6CCOCC6)cn5)noc4c3F)CC3(C(=O)NC(=O)NC3=O)[C@@H]2[C@@H](C)O1. The zero-order valence-corrected chi connectivity index (χ0v) is 21.8. The van der Waals surface area contributed by atoms with Gasteiger partial charge in [-0.05, 0) is 25.5 Å². The second kappa shape index (κ2) is 8.93. The Morgan fingerprint density at radius 1 is 1.07 bits per heavy atom. The van der Waals surface area contributed by atoms with Crippen LogP contribution in [0.5, 0.6) is 0 Å². The number of anilines is 2. The summed E-state index contributed by atoms with van der Waals surface area (Å²) in [5.41, 5.74) is -0.501. The van der Waals surface area contributed by atoms with Crippen molar-refractivity contribution in [1.29, 1.82) is 0 Å². The van der Waals surface area contributed by atoms with Crippen molar-refractivity contribution in [2.24, 2.45) is 5.41 Å². The Balaban J connectivity index is 1.35. The normalized spacial score (nSPS) is 26.0. The molecule has 1 spiro atoms. The average Bonchev–Trinajstić information content (AvgIpc) is 3.36. The Morgan fingerprint density at radius 2 is 1.82 bits per heavy atom. The molecule has 0 saturated carbocycles. The first-order chi connectivity index (χ1) is 19.3. The van der Waals surface area contributed by atoms with E-state index in [2.05, 4.69) is 30.7 Å². The van der Waals surface area contributed by atoms with Crippen LogP contribution in [0.1, 0.15) is 19.4 Å². The van der Waals surface area contributed by atoms with Crippen molar-refractivity contribution in [3.63, 3.8) is 0 Å². The van der Waals surface area contributed by atoms with Crippen LogP contribution in [-0.4, -0.2) is 84.1 Å². The lowest BCUT2D eigenvalue weighted by atomic mass is 9.66. The number of hydrogen-bond donors (Lipinski definition) is 2. The molecule has 3 fully saturated rings. The molecule has 4 aliphatic heterocycles. The van der Waals surface area contributed by atoms with Crippen LogP contribution < -0.4 is 20.4 Å². The third-order valence-corrected chi connectivity index (χ3v) is 8.18. The molecule has 13 nitrogen and oxygen atoms in total. The maximum atomic E-state index is 16.3. The molecule has 0 unspecified atom stereocenters. The number of ether oxygens (including phenoxy) is 2. The second-order valence-corrected chi connectivity index (χ2v) is 10.6. The highest BCUT2D eigenvalue weighted by Gasteiger charge is 2.63. The number of carbonyl (C=O) groups excluding carboxylic acids is 3. The van der Waals surface area contributed by atoms with Crippen LogP contribution in [0.15, 0.2) is 23.0 Å². The highest BCUT2D eigenvalue weighted by atomic mass is 19.1. The smallest absolute Gasteiger partial charge is 0.328 e. The van der Waals surface area contributed by atoms with E-state index in [1.165, 1.54) is 0 Å². The van der Waals surface area contributed by atoms with E-state index in [0.717, 1.165) is 0 Å². The Hall–Kier alpha value is -4.17. The Morgan fingerprint density at radius 3 is 2.52 bits per heavy atom. The summed E-state index contributed by atoms with van der Waals surface area (Å²) >= 11 is 0. The summed E-state index contributed by atoms with van der Waals surface area (Å²) in [5.74, 6) is -1.46. The number of carbonyl (C=O) groups is 3. The molecule has 7 rings (SSSR count). The number of fused-ring (bicyclic) bond motifs is 5. The van der Waals surface area contributed by atoms with E-state index in [1.807, 2.05) is 6.92 Å². The Bertz CT molecular complexity index is 1530. The lowest BCUT2D eigenvalue weighted by Gasteiger charge is -2.55. The largest absolute Gasteiger partial charge is 0.378 e. The summed E-state index contributed by atoms with van der Waals surface area (Å²) in [6.45, 7) is 6.40. The number of benzene rings is 1. The maximum absolute atomic E-state index is 16.3. The van der Waals surface area contributed by atoms with Gasteiger partial charge in [0.25, 0.3) is 0 Å². The van der Waals surface area contributed by atoms with Crippen LogP contribution in [0.4, 0.5) is 20.7 Å². The molecule has 2 aromatic heterocycles. The lowest BCUT2D eigenvalue weighted by molar-refractivity contribution is -0.153. The van der Waals surface area contributed by atoms with Gasteiger partial charge in [-0.15, -0.1) is 0 Å². The fraction of sp³-hybridized carbons (Fsp3) is 0.462. The molecule has 208 valence electrons. The molecule has 40 heavy (non-hydrogen) atoms. The first kappa shape index (κ1) is 24.8. The number of barbiturate groups is 1. The van der Waals surface area contributed by atoms with Gasteiger partial charge in [-0.25, -0.2) is 19.2 Å². The first-order valence-electron chi connectivity index (χ1n) is 13.1. The lowest BCUT2D eigenvalue weighted by Crippen LogP contribution is -2.75. The van der Waals surface area contributed by atoms with Crippen LogP contribution in [0.25, 0.3) is 22.4 Å². The predicted molar refractivity (Wildman–Crippen MR) is 137 cm³/mol. The van der Waals surface area contributed by atoms with Gasteiger partial charge in [0.1, 0.15) is 17.2 Å². The van der Waals surface area contributed by atoms with Crippen molar-refractivity contribution in [3.8, 4) is 11.4 Å². The van der Waals surface area contributed by atoms with E-state index in [1.54, 1.807) is 30.3 Å². The molecule has 4 amide bonds. The quantitative estimate of drug-likeness (QED) is 0.441. The van der Waals surface area contributed by atoms with Crippen LogP contribution in [0.2, 0.25) is 0 Å². The van der Waals surface area contributed by atoms with Crippen molar-refractivity contribution in [2.45, 2.75) is 38.5 Å². The molecule has 6 heterocycles. The van der Waals surface area contributed by atoms with Crippen molar-refractivity contribution in [3.05, 3.63) is 29.8 Å². The topological polar surface area (TPSA) is 152 Å². The highest BCUT2D eigenvalue weighted by molar-refractivity contribution is 6.20. The molecular weight excluding hydrogens is 525 g/mol. The van der Waals surface area contributed by atoms with E-state index in [4.69, 9.17) is 14.0 Å². The summed E-state index contributed by atoms with van der Waals surface area (Å²) in [5, 5.41) is 8.92. The maximum Gasteiger partial charge on any atom is 0.328 e. The number of aromatic nitrogens is 3. The van der Waals surface area contributed by atoms with Gasteiger partial charge in [0, 0.05) is 26.1 Å². The fourth-order valence-electron chi connectivity index (χ4n) is 6.53. The Labute approximate surface area is 227 Å². The van der Waals surface area contributed by atoms with E-state index in [0.29, 0.717) is 48.8 Å². The van der Waals surface area contributed by atoms with E-state index in [9.17, 15) is 14.4 Å². The van der Waals surface area contributed by atoms with E-state index >= 15 is 4.39 Å². The summed E-state index contributed by atoms with van der Waals surface area (Å²) in [4.78, 5) is 51.5. The van der Waals surface area contributed by atoms with Gasteiger partial charge >= 0.3 is 6.03 Å². The van der Waals surface area contributed by atoms with Gasteiger partial charge in [-0.1, -0.05) is 5.16 Å². The number of hydrogen-bond acceptors (Lipinski definition) is 11. The number of amides is 4. The van der Waals surface area contributed by atoms with Gasteiger partial charge in [0.05, 0.1) is 54.9 Å². The van der Waals surface area contributed by atoms with Gasteiger partial charge in [0.15, 0.2) is 11.2 Å². The molecule has 0 aliphatic carbocycles. The minimum atomic E-state index is -1.72. The van der Waals surface area contributed by atoms with Crippen molar-refractivity contribution in [1.82, 2.24) is 25.8 Å². The number of halogens is 1. The monoisotopic (exact) mass is 551 g/mol. The zero-order valence-electron chi connectivity index (χ0n) is 21.8. The number of nitrogens with one attached hydrogen (secondary N) is 2. The highest BCUT2D eigenvalue weighted by Crippen LogP contribution is 2.49. The van der Waals surface area contributed by atoms with Gasteiger partial charge in [-0.3, -0.25) is 20.2 Å². The van der Waals surface area contributed by atoms with Crippen molar-refractivity contribution < 1.29 is 32.8 Å². The summed E-state index contributed by atoms with van der Waals surface area (Å²) in [7, 11) is 0. The molecule has 4 aliphatic rings. The third-order valence-electron chi connectivity index (χ3n) is 8.18. The van der Waals surface area contributed by atoms with Crippen molar-refractivity contribution in [2.75, 3.05) is 42.6 Å². The number of rotatable bonds is 2. The van der Waals surface area contributed by atoms with Gasteiger partial charge in [0.2, 0.25) is 17.4 Å². The molecule has 2 N–H and O–H groups in total. The number of nitrogens with zero attached hydrogens (tertiary/aromatic N) is 5. The number of urea groups is 1. The zero-order chi connectivity index (χ0) is 27.8. The van der Waals surface area contributed by atoms with Crippen LogP contribution in [-0.2, 0) is 25.5 Å². The molecule has 1 aromatic carbocycles. The minimum Gasteiger partial charge on any atom is -0.378 e. The molecule has 14 heteroatoms. The number of morpholine rings is 2. The standard InChI is InChI=1S/C26H26FN7O6/c1-12-11-34-20-14(8-26(22(34)13(2)39-12)23(35)30-25(37)31-24(26)36)7-15-19(32-40-21(15)18(20)27)16-9-29-17(10-28-16)33-3-5-38-6-4-33/h7,9-10,12-13,22H,3-6,8,11H2,1-2H3,(H2,30,31,35,36,37)/t12-,13-,22+/m1/s1. The molecule has 0 bridgehead atoms. The summed E-state index contributed by atoms with van der Waals surface area (Å²) in [6, 6.07) is -0.0771. The third kappa shape index (κ3) is 3.52. The first-order valence-corrected chi connectivity index (χ1v) is 13.1. The number of imide groups is 2. The molecule has 3 aromatic rings. The Kier molecular flexibility index (Phi) is 5.54. The van der Waals surface area contributed by atoms with E-state index in [-0.39, 0.29) is 36.0 Å². The molecular formula is C26H26FN7O6. The fourth-order valence-corrected chi connectivity index (χ4v) is 6.53. The second-order valence-electron chi connectivity index (χ2n) is 10.6. The van der Waals surface area contributed by atoms with E-state index < -0.39 is 41.2 Å². The van der Waals surface area contributed by atoms with Crippen molar-refractivity contribution >= 4 is 40.3 Å². The molecule has 3 atom stereocenters. The van der Waals surface area contributed by atoms with Gasteiger partial charge < -0.3 is 23.8 Å². The predicted octanol–water partition coefficient (Wildman–Crippen LogP) is 1.15. The van der Waals surface area contributed by atoms with Gasteiger partial charge in [-0.2, -0.15) is 0 Å². The van der Waals surface area contributed by atoms with Crippen LogP contribution >= 0.6 is 0 Å². The average molecular weight is 552 g/mol. The molecule has 3 saturated heterocycles. The summed E-state index contributed by atoms with van der Waals surface area (Å²) in [6.07, 6.45) is 2.08. The molecule has 0 radical (unpaired) electrons. The summed E-state index contributed by atoms with van der Waals surface area (Å²) < 4.78 is 33.2. The minimum absolute atomic E-state index is 0.0676. The van der Waals surface area contributed by atoms with Crippen LogP contribution in [0.3, 0.4) is 0 Å². The van der Waals surface area contributed by atoms with Crippen LogP contribution in [0, 0.1) is 11.2 Å².